The second kappa shape index (κ2) is 14.2. The topological polar surface area (TPSA) is 54.0 Å². The molecule has 0 aliphatic carbocycles. The third-order valence-corrected chi connectivity index (χ3v) is 4.33. The molecule has 0 aromatic heterocycles. The highest BCUT2D eigenvalue weighted by Crippen LogP contribution is 2.12. The molecular formula is C26H32O5. The molecule has 2 aromatic carbocycles. The van der Waals surface area contributed by atoms with Crippen molar-refractivity contribution in [2.24, 2.45) is 0 Å². The third kappa shape index (κ3) is 10.6. The van der Waals surface area contributed by atoms with Gasteiger partial charge in [0.15, 0.2) is 0 Å². The van der Waals surface area contributed by atoms with Crippen LogP contribution in [0.3, 0.4) is 0 Å². The molecule has 0 amide bonds. The molecule has 0 aliphatic rings. The van der Waals surface area contributed by atoms with Crippen molar-refractivity contribution in [1.29, 1.82) is 0 Å². The molecule has 2 rings (SSSR count). The SMILES string of the molecule is C=C(C)CC(=O)O[C@H](/C=C/CCOCc1ccccc1)COCc1ccc(OC)cc1. The molecular weight excluding hydrogens is 392 g/mol. The normalized spacial score (nSPS) is 11.9. The minimum Gasteiger partial charge on any atom is -0.497 e. The molecule has 0 unspecified atom stereocenters. The largest absolute Gasteiger partial charge is 0.497 e. The van der Waals surface area contributed by atoms with Crippen LogP contribution in [0.5, 0.6) is 5.75 Å². The highest BCUT2D eigenvalue weighted by molar-refractivity contribution is 5.72. The van der Waals surface area contributed by atoms with Gasteiger partial charge in [-0.05, 0) is 42.7 Å². The molecule has 1 atom stereocenters. The molecule has 0 bridgehead atoms. The van der Waals surface area contributed by atoms with Crippen molar-refractivity contribution in [3.05, 3.63) is 90.0 Å². The van der Waals surface area contributed by atoms with E-state index < -0.39 is 6.10 Å². The average molecular weight is 425 g/mol. The molecule has 0 aliphatic heterocycles. The molecule has 166 valence electrons. The summed E-state index contributed by atoms with van der Waals surface area (Å²) in [6.45, 7) is 7.43. The van der Waals surface area contributed by atoms with Gasteiger partial charge in [0.1, 0.15) is 11.9 Å². The monoisotopic (exact) mass is 424 g/mol. The van der Waals surface area contributed by atoms with E-state index >= 15 is 0 Å². The van der Waals surface area contributed by atoms with Gasteiger partial charge in [0.25, 0.3) is 0 Å². The maximum Gasteiger partial charge on any atom is 0.310 e. The second-order valence-electron chi connectivity index (χ2n) is 7.28. The Morgan fingerprint density at radius 1 is 1.00 bits per heavy atom. The van der Waals surface area contributed by atoms with E-state index in [1.54, 1.807) is 14.0 Å². The van der Waals surface area contributed by atoms with Crippen molar-refractivity contribution in [2.75, 3.05) is 20.3 Å². The van der Waals surface area contributed by atoms with Gasteiger partial charge in [-0.15, -0.1) is 0 Å². The number of carbonyl (C=O) groups is 1. The molecule has 0 fully saturated rings. The Balaban J connectivity index is 1.78. The van der Waals surface area contributed by atoms with E-state index in [1.165, 1.54) is 0 Å². The highest BCUT2D eigenvalue weighted by atomic mass is 16.6. The van der Waals surface area contributed by atoms with Crippen LogP contribution in [-0.2, 0) is 32.2 Å². The van der Waals surface area contributed by atoms with Crippen molar-refractivity contribution in [3.63, 3.8) is 0 Å². The second-order valence-corrected chi connectivity index (χ2v) is 7.28. The van der Waals surface area contributed by atoms with Crippen LogP contribution in [0.1, 0.15) is 30.9 Å². The summed E-state index contributed by atoms with van der Waals surface area (Å²) in [5.41, 5.74) is 2.93. The van der Waals surface area contributed by atoms with E-state index in [9.17, 15) is 4.79 Å². The lowest BCUT2D eigenvalue weighted by Crippen LogP contribution is -2.21. The van der Waals surface area contributed by atoms with Gasteiger partial charge in [-0.1, -0.05) is 60.7 Å². The van der Waals surface area contributed by atoms with Gasteiger partial charge in [0.2, 0.25) is 0 Å². The number of benzene rings is 2. The minimum atomic E-state index is -0.459. The highest BCUT2D eigenvalue weighted by Gasteiger charge is 2.12. The Morgan fingerprint density at radius 3 is 2.35 bits per heavy atom. The number of hydrogen-bond donors (Lipinski definition) is 0. The first-order valence-corrected chi connectivity index (χ1v) is 10.4. The third-order valence-electron chi connectivity index (χ3n) is 4.33. The molecule has 31 heavy (non-hydrogen) atoms. The predicted molar refractivity (Wildman–Crippen MR) is 122 cm³/mol. The molecule has 0 spiro atoms. The van der Waals surface area contributed by atoms with E-state index in [2.05, 4.69) is 6.58 Å². The van der Waals surface area contributed by atoms with Crippen LogP contribution < -0.4 is 4.74 Å². The van der Waals surface area contributed by atoms with Gasteiger partial charge in [0, 0.05) is 0 Å². The summed E-state index contributed by atoms with van der Waals surface area (Å²) in [4.78, 5) is 12.0. The van der Waals surface area contributed by atoms with E-state index in [-0.39, 0.29) is 19.0 Å². The number of methoxy groups -OCH3 is 1. The lowest BCUT2D eigenvalue weighted by atomic mass is 10.2. The first-order chi connectivity index (χ1) is 15.1. The molecule has 5 heteroatoms. The number of carbonyl (C=O) groups excluding carboxylic acids is 1. The van der Waals surface area contributed by atoms with Gasteiger partial charge in [0.05, 0.1) is 40.0 Å². The summed E-state index contributed by atoms with van der Waals surface area (Å²) in [6, 6.07) is 17.7. The van der Waals surface area contributed by atoms with Gasteiger partial charge < -0.3 is 18.9 Å². The fraction of sp³-hybridized carbons (Fsp3) is 0.346. The van der Waals surface area contributed by atoms with Gasteiger partial charge >= 0.3 is 5.97 Å². The summed E-state index contributed by atoms with van der Waals surface area (Å²) in [6.07, 6.45) is 4.28. The molecule has 0 saturated carbocycles. The number of esters is 1. The maximum atomic E-state index is 12.0. The van der Waals surface area contributed by atoms with Crippen LogP contribution in [-0.4, -0.2) is 32.4 Å². The van der Waals surface area contributed by atoms with E-state index in [0.717, 1.165) is 28.9 Å². The average Bonchev–Trinajstić information content (AvgIpc) is 2.76. The first kappa shape index (κ1) is 24.4. The predicted octanol–water partition coefficient (Wildman–Crippen LogP) is 5.25. The summed E-state index contributed by atoms with van der Waals surface area (Å²) >= 11 is 0. The summed E-state index contributed by atoms with van der Waals surface area (Å²) in [5.74, 6) is 0.489. The zero-order valence-corrected chi connectivity index (χ0v) is 18.4. The van der Waals surface area contributed by atoms with Crippen molar-refractivity contribution in [2.45, 2.75) is 39.1 Å². The van der Waals surface area contributed by atoms with Crippen LogP contribution in [0.2, 0.25) is 0 Å². The Morgan fingerprint density at radius 2 is 1.68 bits per heavy atom. The molecule has 2 aromatic rings. The first-order valence-electron chi connectivity index (χ1n) is 10.4. The number of rotatable bonds is 14. The molecule has 0 radical (unpaired) electrons. The van der Waals surface area contributed by atoms with Crippen molar-refractivity contribution < 1.29 is 23.7 Å². The lowest BCUT2D eigenvalue weighted by molar-refractivity contribution is -0.148. The minimum absolute atomic E-state index is 0.197. The van der Waals surface area contributed by atoms with Crippen molar-refractivity contribution >= 4 is 5.97 Å². The van der Waals surface area contributed by atoms with E-state index in [4.69, 9.17) is 18.9 Å². The van der Waals surface area contributed by atoms with E-state index in [0.29, 0.717) is 19.8 Å². The van der Waals surface area contributed by atoms with Gasteiger partial charge in [-0.2, -0.15) is 0 Å². The molecule has 5 nitrogen and oxygen atoms in total. The molecule has 0 heterocycles. The van der Waals surface area contributed by atoms with Gasteiger partial charge in [-0.3, -0.25) is 4.79 Å². The van der Waals surface area contributed by atoms with Crippen LogP contribution >= 0.6 is 0 Å². The zero-order valence-electron chi connectivity index (χ0n) is 18.4. The quantitative estimate of drug-likeness (QED) is 0.235. The van der Waals surface area contributed by atoms with Crippen LogP contribution in [0.4, 0.5) is 0 Å². The molecule has 0 saturated heterocycles. The Hall–Kier alpha value is -2.89. The number of hydrogen-bond acceptors (Lipinski definition) is 5. The number of ether oxygens (including phenoxy) is 4. The smallest absolute Gasteiger partial charge is 0.310 e. The summed E-state index contributed by atoms with van der Waals surface area (Å²) in [5, 5.41) is 0. The fourth-order valence-corrected chi connectivity index (χ4v) is 2.76. The Labute approximate surface area is 185 Å². The summed E-state index contributed by atoms with van der Waals surface area (Å²) < 4.78 is 22.2. The van der Waals surface area contributed by atoms with Crippen molar-refractivity contribution in [3.8, 4) is 5.75 Å². The Kier molecular flexibility index (Phi) is 11.1. The lowest BCUT2D eigenvalue weighted by Gasteiger charge is -2.15. The van der Waals surface area contributed by atoms with Gasteiger partial charge in [-0.25, -0.2) is 0 Å². The maximum absolute atomic E-state index is 12.0. The van der Waals surface area contributed by atoms with Crippen molar-refractivity contribution in [1.82, 2.24) is 0 Å². The zero-order chi connectivity index (χ0) is 22.3. The standard InChI is InChI=1S/C26H32O5/c1-21(2)17-26(27)31-25(20-30-19-23-12-14-24(28-3)15-13-23)11-7-8-16-29-18-22-9-5-4-6-10-22/h4-7,9-15,25H,1,8,16-20H2,2-3H3/b11-7+/t25-/m1/s1. The molecule has 0 N–H and O–H groups in total. The van der Waals surface area contributed by atoms with E-state index in [1.807, 2.05) is 66.7 Å². The fourth-order valence-electron chi connectivity index (χ4n) is 2.76. The van der Waals surface area contributed by atoms with Crippen LogP contribution in [0.25, 0.3) is 0 Å². The van der Waals surface area contributed by atoms with Crippen LogP contribution in [0, 0.1) is 0 Å². The van der Waals surface area contributed by atoms with Crippen LogP contribution in [0.15, 0.2) is 78.9 Å². The summed E-state index contributed by atoms with van der Waals surface area (Å²) in [7, 11) is 1.63. The Bertz CT molecular complexity index is 811.